The number of nitrogens with zero attached hydrogens (tertiary/aromatic N) is 1. The Bertz CT molecular complexity index is 697. The van der Waals surface area contributed by atoms with Gasteiger partial charge in [-0.05, 0) is 38.0 Å². The van der Waals surface area contributed by atoms with Crippen molar-refractivity contribution in [1.29, 1.82) is 0 Å². The van der Waals surface area contributed by atoms with Crippen molar-refractivity contribution in [3.8, 4) is 11.1 Å². The Balaban J connectivity index is 2.04. The quantitative estimate of drug-likeness (QED) is 0.912. The SMILES string of the molecule is CC(C)(C)OC(=O)NCc1cccc(-c2cnc(=O)[nH]c2)c1. The van der Waals surface area contributed by atoms with Crippen LogP contribution in [0.2, 0.25) is 0 Å². The van der Waals surface area contributed by atoms with E-state index in [-0.39, 0.29) is 5.69 Å². The number of carbonyl (C=O) groups excluding carboxylic acids is 1. The van der Waals surface area contributed by atoms with Crippen LogP contribution in [0, 0.1) is 0 Å². The molecule has 1 amide bonds. The highest BCUT2D eigenvalue weighted by Gasteiger charge is 2.15. The Kier molecular flexibility index (Phi) is 4.60. The molecule has 1 aromatic heterocycles. The maximum Gasteiger partial charge on any atom is 0.407 e. The van der Waals surface area contributed by atoms with Crippen molar-refractivity contribution in [2.24, 2.45) is 0 Å². The van der Waals surface area contributed by atoms with Crippen molar-refractivity contribution in [3.63, 3.8) is 0 Å². The van der Waals surface area contributed by atoms with Gasteiger partial charge in [0.2, 0.25) is 0 Å². The number of ether oxygens (including phenoxy) is 1. The summed E-state index contributed by atoms with van der Waals surface area (Å²) in [7, 11) is 0. The van der Waals surface area contributed by atoms with Crippen LogP contribution in [0.4, 0.5) is 4.79 Å². The minimum absolute atomic E-state index is 0.361. The van der Waals surface area contributed by atoms with Gasteiger partial charge in [0.1, 0.15) is 5.60 Å². The summed E-state index contributed by atoms with van der Waals surface area (Å²) in [5.74, 6) is 0. The van der Waals surface area contributed by atoms with Gasteiger partial charge < -0.3 is 15.0 Å². The standard InChI is InChI=1S/C16H19N3O3/c1-16(2,3)22-15(21)19-8-11-5-4-6-12(7-11)13-9-17-14(20)18-10-13/h4-7,9-10H,8H2,1-3H3,(H,19,21)(H,17,18,20). The molecule has 1 heterocycles. The van der Waals surface area contributed by atoms with Gasteiger partial charge in [-0.1, -0.05) is 18.2 Å². The van der Waals surface area contributed by atoms with Crippen molar-refractivity contribution in [2.75, 3.05) is 0 Å². The molecule has 0 saturated carbocycles. The monoisotopic (exact) mass is 301 g/mol. The van der Waals surface area contributed by atoms with Crippen LogP contribution in [0.25, 0.3) is 11.1 Å². The molecule has 1 aromatic carbocycles. The number of rotatable bonds is 3. The fourth-order valence-corrected chi connectivity index (χ4v) is 1.85. The fraction of sp³-hybridized carbons (Fsp3) is 0.312. The lowest BCUT2D eigenvalue weighted by Gasteiger charge is -2.19. The Morgan fingerprint density at radius 3 is 2.73 bits per heavy atom. The van der Waals surface area contributed by atoms with E-state index in [1.165, 1.54) is 6.20 Å². The number of H-pyrrole nitrogens is 1. The second-order valence-electron chi connectivity index (χ2n) is 5.86. The molecule has 116 valence electrons. The lowest BCUT2D eigenvalue weighted by Crippen LogP contribution is -2.32. The normalized spacial score (nSPS) is 11.0. The molecule has 0 unspecified atom stereocenters. The molecule has 6 heteroatoms. The second kappa shape index (κ2) is 6.43. The van der Waals surface area contributed by atoms with Gasteiger partial charge in [0.15, 0.2) is 0 Å². The maximum absolute atomic E-state index is 11.6. The molecular weight excluding hydrogens is 282 g/mol. The average molecular weight is 301 g/mol. The van der Waals surface area contributed by atoms with Crippen LogP contribution in [0.5, 0.6) is 0 Å². The number of aromatic amines is 1. The highest BCUT2D eigenvalue weighted by atomic mass is 16.6. The minimum Gasteiger partial charge on any atom is -0.444 e. The number of benzene rings is 1. The van der Waals surface area contributed by atoms with Crippen LogP contribution in [0.1, 0.15) is 26.3 Å². The Labute approximate surface area is 128 Å². The molecule has 0 atom stereocenters. The Hall–Kier alpha value is -2.63. The van der Waals surface area contributed by atoms with E-state index in [2.05, 4.69) is 15.3 Å². The number of carbonyl (C=O) groups is 1. The average Bonchev–Trinajstić information content (AvgIpc) is 2.44. The molecule has 0 aliphatic carbocycles. The molecule has 0 bridgehead atoms. The molecule has 0 saturated heterocycles. The molecule has 2 aromatic rings. The Morgan fingerprint density at radius 2 is 2.09 bits per heavy atom. The molecule has 0 aliphatic heterocycles. The van der Waals surface area contributed by atoms with Crippen LogP contribution < -0.4 is 11.0 Å². The highest BCUT2D eigenvalue weighted by molar-refractivity contribution is 5.68. The predicted octanol–water partition coefficient (Wildman–Crippen LogP) is 2.46. The number of hydrogen-bond donors (Lipinski definition) is 2. The van der Waals surface area contributed by atoms with E-state index in [0.717, 1.165) is 16.7 Å². The third-order valence-electron chi connectivity index (χ3n) is 2.77. The highest BCUT2D eigenvalue weighted by Crippen LogP contribution is 2.18. The predicted molar refractivity (Wildman–Crippen MR) is 83.4 cm³/mol. The molecule has 0 radical (unpaired) electrons. The summed E-state index contributed by atoms with van der Waals surface area (Å²) >= 11 is 0. The van der Waals surface area contributed by atoms with E-state index >= 15 is 0 Å². The largest absolute Gasteiger partial charge is 0.444 e. The smallest absolute Gasteiger partial charge is 0.407 e. The van der Waals surface area contributed by atoms with Crippen LogP contribution >= 0.6 is 0 Å². The summed E-state index contributed by atoms with van der Waals surface area (Å²) in [6.07, 6.45) is 2.67. The first kappa shape index (κ1) is 15.8. The number of amides is 1. The number of hydrogen-bond acceptors (Lipinski definition) is 4. The first-order chi connectivity index (χ1) is 10.3. The molecule has 0 spiro atoms. The zero-order valence-electron chi connectivity index (χ0n) is 12.8. The van der Waals surface area contributed by atoms with E-state index < -0.39 is 11.7 Å². The molecule has 0 aliphatic rings. The summed E-state index contributed by atoms with van der Waals surface area (Å²) in [5, 5.41) is 2.71. The van der Waals surface area contributed by atoms with Crippen molar-refractivity contribution in [3.05, 3.63) is 52.7 Å². The Morgan fingerprint density at radius 1 is 1.32 bits per heavy atom. The third-order valence-corrected chi connectivity index (χ3v) is 2.77. The number of nitrogens with one attached hydrogen (secondary N) is 2. The van der Waals surface area contributed by atoms with E-state index in [1.54, 1.807) is 6.20 Å². The lowest BCUT2D eigenvalue weighted by atomic mass is 10.1. The zero-order valence-corrected chi connectivity index (χ0v) is 12.8. The van der Waals surface area contributed by atoms with Gasteiger partial charge in [-0.25, -0.2) is 14.6 Å². The van der Waals surface area contributed by atoms with Crippen molar-refractivity contribution >= 4 is 6.09 Å². The summed E-state index contributed by atoms with van der Waals surface area (Å²) in [5.41, 5.74) is 1.74. The number of alkyl carbamates (subject to hydrolysis) is 1. The van der Waals surface area contributed by atoms with Crippen LogP contribution in [0.15, 0.2) is 41.5 Å². The number of aromatic nitrogens is 2. The summed E-state index contributed by atoms with van der Waals surface area (Å²) in [4.78, 5) is 28.9. The third kappa shape index (κ3) is 4.73. The molecule has 2 rings (SSSR count). The fourth-order valence-electron chi connectivity index (χ4n) is 1.85. The topological polar surface area (TPSA) is 84.1 Å². The summed E-state index contributed by atoms with van der Waals surface area (Å²) in [6.45, 7) is 5.81. The zero-order chi connectivity index (χ0) is 16.2. The molecule has 2 N–H and O–H groups in total. The van der Waals surface area contributed by atoms with Crippen LogP contribution in [-0.4, -0.2) is 21.7 Å². The minimum atomic E-state index is -0.520. The maximum atomic E-state index is 11.6. The van der Waals surface area contributed by atoms with E-state index in [9.17, 15) is 9.59 Å². The summed E-state index contributed by atoms with van der Waals surface area (Å²) < 4.78 is 5.19. The van der Waals surface area contributed by atoms with E-state index in [1.807, 2.05) is 45.0 Å². The molecular formula is C16H19N3O3. The van der Waals surface area contributed by atoms with E-state index in [0.29, 0.717) is 6.54 Å². The summed E-state index contributed by atoms with van der Waals surface area (Å²) in [6, 6.07) is 7.62. The van der Waals surface area contributed by atoms with Crippen molar-refractivity contribution in [2.45, 2.75) is 32.9 Å². The van der Waals surface area contributed by atoms with Gasteiger partial charge in [0, 0.05) is 24.5 Å². The van der Waals surface area contributed by atoms with Gasteiger partial charge in [0.25, 0.3) is 0 Å². The van der Waals surface area contributed by atoms with Crippen molar-refractivity contribution < 1.29 is 9.53 Å². The van der Waals surface area contributed by atoms with E-state index in [4.69, 9.17) is 4.74 Å². The molecule has 22 heavy (non-hydrogen) atoms. The van der Waals surface area contributed by atoms with Crippen LogP contribution in [-0.2, 0) is 11.3 Å². The van der Waals surface area contributed by atoms with Gasteiger partial charge >= 0.3 is 11.8 Å². The van der Waals surface area contributed by atoms with Gasteiger partial charge in [0.05, 0.1) is 0 Å². The first-order valence-electron chi connectivity index (χ1n) is 6.94. The lowest BCUT2D eigenvalue weighted by molar-refractivity contribution is 0.0523. The molecule has 0 fully saturated rings. The van der Waals surface area contributed by atoms with Gasteiger partial charge in [-0.15, -0.1) is 0 Å². The second-order valence-corrected chi connectivity index (χ2v) is 5.86. The van der Waals surface area contributed by atoms with Gasteiger partial charge in [-0.3, -0.25) is 0 Å². The van der Waals surface area contributed by atoms with Crippen molar-refractivity contribution in [1.82, 2.24) is 15.3 Å². The van der Waals surface area contributed by atoms with Gasteiger partial charge in [-0.2, -0.15) is 0 Å². The molecule has 6 nitrogen and oxygen atoms in total. The van der Waals surface area contributed by atoms with Crippen LogP contribution in [0.3, 0.4) is 0 Å². The first-order valence-corrected chi connectivity index (χ1v) is 6.94.